The molecule has 0 amide bonds. The first-order chi connectivity index (χ1) is 15.9. The summed E-state index contributed by atoms with van der Waals surface area (Å²) >= 11 is 3.45. The molecule has 2 unspecified atom stereocenters. The van der Waals surface area contributed by atoms with Gasteiger partial charge in [-0.2, -0.15) is 10.4 Å². The smallest absolute Gasteiger partial charge is 0.116 e. The zero-order valence-corrected chi connectivity index (χ0v) is 21.5. The molecule has 4 heterocycles. The molecule has 3 aromatic heterocycles. The summed E-state index contributed by atoms with van der Waals surface area (Å²) in [4.78, 5) is 17.8. The SMILES string of the molecule is C[Si](C)(C)CCOCC1C=Nc2c(-c3cnn(C(CC#N)c4cncc(Br)c4)c3)ncnc21. The summed E-state index contributed by atoms with van der Waals surface area (Å²) in [7, 11) is -1.12. The van der Waals surface area contributed by atoms with Gasteiger partial charge in [0.05, 0.1) is 42.9 Å². The van der Waals surface area contributed by atoms with Crippen LogP contribution in [0.1, 0.15) is 29.6 Å². The fourth-order valence-electron chi connectivity index (χ4n) is 3.64. The van der Waals surface area contributed by atoms with Crippen LogP contribution in [0.5, 0.6) is 0 Å². The van der Waals surface area contributed by atoms with Crippen LogP contribution in [-0.2, 0) is 4.74 Å². The maximum atomic E-state index is 9.37. The standard InChI is InChI=1S/C23H26BrN7OSi/c1-33(2,3)7-6-32-14-18-10-27-23-21(28-15-29-22(18)23)17-11-30-31(13-17)20(4-5-25)16-8-19(24)12-26-9-16/h8-13,15,18,20H,4,6-7,14H2,1-3H3. The van der Waals surface area contributed by atoms with Crippen LogP contribution in [-0.4, -0.2) is 52.2 Å². The van der Waals surface area contributed by atoms with Gasteiger partial charge >= 0.3 is 0 Å². The molecule has 0 fully saturated rings. The van der Waals surface area contributed by atoms with Crippen molar-refractivity contribution in [3.05, 3.63) is 52.9 Å². The van der Waals surface area contributed by atoms with E-state index in [1.54, 1.807) is 29.6 Å². The second-order valence-electron chi connectivity index (χ2n) is 9.25. The fraction of sp³-hybridized carbons (Fsp3) is 0.391. The number of aromatic nitrogens is 5. The summed E-state index contributed by atoms with van der Waals surface area (Å²) in [6.07, 6.45) is 10.9. The molecule has 0 bridgehead atoms. The Morgan fingerprint density at radius 3 is 2.85 bits per heavy atom. The number of hydrogen-bond donors (Lipinski definition) is 0. The molecular weight excluding hydrogens is 498 g/mol. The van der Waals surface area contributed by atoms with Crippen molar-refractivity contribution >= 4 is 35.9 Å². The van der Waals surface area contributed by atoms with Gasteiger partial charge in [0.15, 0.2) is 0 Å². The Morgan fingerprint density at radius 1 is 1.24 bits per heavy atom. The van der Waals surface area contributed by atoms with Gasteiger partial charge in [0.1, 0.15) is 17.7 Å². The highest BCUT2D eigenvalue weighted by Crippen LogP contribution is 2.38. The third kappa shape index (κ3) is 5.61. The first-order valence-corrected chi connectivity index (χ1v) is 15.3. The molecule has 1 aliphatic rings. The number of ether oxygens (including phenoxy) is 1. The lowest BCUT2D eigenvalue weighted by Crippen LogP contribution is -2.22. The average Bonchev–Trinajstić information content (AvgIpc) is 3.42. The zero-order chi connectivity index (χ0) is 23.4. The molecule has 10 heteroatoms. The van der Waals surface area contributed by atoms with E-state index in [1.807, 2.05) is 18.5 Å². The Hall–Kier alpha value is -2.74. The van der Waals surface area contributed by atoms with Crippen LogP contribution in [0.2, 0.25) is 25.7 Å². The molecule has 0 saturated carbocycles. The maximum absolute atomic E-state index is 9.37. The Labute approximate surface area is 202 Å². The van der Waals surface area contributed by atoms with E-state index in [9.17, 15) is 5.26 Å². The van der Waals surface area contributed by atoms with Crippen LogP contribution in [0.15, 0.2) is 46.6 Å². The van der Waals surface area contributed by atoms with Crippen LogP contribution in [0.25, 0.3) is 11.3 Å². The molecule has 33 heavy (non-hydrogen) atoms. The average molecular weight is 524 g/mol. The summed E-state index contributed by atoms with van der Waals surface area (Å²) in [5.41, 5.74) is 4.11. The second-order valence-corrected chi connectivity index (χ2v) is 15.8. The number of halogens is 1. The van der Waals surface area contributed by atoms with Crippen molar-refractivity contribution in [3.8, 4) is 17.3 Å². The highest BCUT2D eigenvalue weighted by Gasteiger charge is 2.26. The van der Waals surface area contributed by atoms with Gasteiger partial charge in [0, 0.05) is 49.5 Å². The van der Waals surface area contributed by atoms with Crippen molar-refractivity contribution in [1.29, 1.82) is 5.26 Å². The molecule has 0 spiro atoms. The molecule has 0 radical (unpaired) electrons. The number of nitrogens with zero attached hydrogens (tertiary/aromatic N) is 7. The van der Waals surface area contributed by atoms with E-state index in [0.29, 0.717) is 6.61 Å². The number of pyridine rings is 1. The van der Waals surface area contributed by atoms with Crippen molar-refractivity contribution in [3.63, 3.8) is 0 Å². The highest BCUT2D eigenvalue weighted by molar-refractivity contribution is 9.10. The van der Waals surface area contributed by atoms with Gasteiger partial charge in [-0.1, -0.05) is 19.6 Å². The number of hydrogen-bond acceptors (Lipinski definition) is 7. The van der Waals surface area contributed by atoms with Crippen LogP contribution in [0.3, 0.4) is 0 Å². The van der Waals surface area contributed by atoms with Crippen LogP contribution in [0.4, 0.5) is 5.69 Å². The van der Waals surface area contributed by atoms with Crippen molar-refractivity contribution in [2.75, 3.05) is 13.2 Å². The molecule has 2 atom stereocenters. The fourth-order valence-corrected chi connectivity index (χ4v) is 4.78. The Kier molecular flexibility index (Phi) is 7.12. The lowest BCUT2D eigenvalue weighted by molar-refractivity contribution is 0.145. The summed E-state index contributed by atoms with van der Waals surface area (Å²) in [5.74, 6) is 0.0255. The van der Waals surface area contributed by atoms with E-state index in [-0.39, 0.29) is 18.4 Å². The Bertz CT molecular complexity index is 1200. The third-order valence-electron chi connectivity index (χ3n) is 5.47. The quantitative estimate of drug-likeness (QED) is 0.283. The van der Waals surface area contributed by atoms with Crippen molar-refractivity contribution in [1.82, 2.24) is 24.7 Å². The minimum absolute atomic E-state index is 0.0255. The number of aliphatic imine (C=N–C) groups is 1. The van der Waals surface area contributed by atoms with Crippen LogP contribution >= 0.6 is 15.9 Å². The predicted octanol–water partition coefficient (Wildman–Crippen LogP) is 5.15. The van der Waals surface area contributed by atoms with Gasteiger partial charge in [-0.05, 0) is 33.6 Å². The third-order valence-corrected chi connectivity index (χ3v) is 7.61. The van der Waals surface area contributed by atoms with Gasteiger partial charge in [-0.3, -0.25) is 14.7 Å². The molecule has 0 aliphatic carbocycles. The lowest BCUT2D eigenvalue weighted by atomic mass is 10.1. The van der Waals surface area contributed by atoms with Gasteiger partial charge < -0.3 is 4.74 Å². The molecule has 3 aromatic rings. The number of fused-ring (bicyclic) bond motifs is 1. The van der Waals surface area contributed by atoms with E-state index in [0.717, 1.165) is 45.3 Å². The van der Waals surface area contributed by atoms with Gasteiger partial charge in [-0.15, -0.1) is 0 Å². The zero-order valence-electron chi connectivity index (χ0n) is 18.9. The normalized spacial score (nSPS) is 15.9. The summed E-state index contributed by atoms with van der Waals surface area (Å²) < 4.78 is 8.59. The van der Waals surface area contributed by atoms with Crippen LogP contribution < -0.4 is 0 Å². The predicted molar refractivity (Wildman–Crippen MR) is 133 cm³/mol. The minimum Gasteiger partial charge on any atom is -0.381 e. The van der Waals surface area contributed by atoms with Crippen LogP contribution in [0, 0.1) is 11.3 Å². The van der Waals surface area contributed by atoms with Gasteiger partial charge in [0.25, 0.3) is 0 Å². The number of rotatable bonds is 9. The molecule has 170 valence electrons. The van der Waals surface area contributed by atoms with E-state index >= 15 is 0 Å². The van der Waals surface area contributed by atoms with Gasteiger partial charge in [-0.25, -0.2) is 9.97 Å². The van der Waals surface area contributed by atoms with E-state index in [1.165, 1.54) is 0 Å². The molecular formula is C23H26BrN7OSi. The second kappa shape index (κ2) is 10.0. The first-order valence-electron chi connectivity index (χ1n) is 10.8. The summed E-state index contributed by atoms with van der Waals surface area (Å²) in [6, 6.07) is 5.09. The molecule has 8 nitrogen and oxygen atoms in total. The van der Waals surface area contributed by atoms with E-state index < -0.39 is 8.07 Å². The number of nitriles is 1. The summed E-state index contributed by atoms with van der Waals surface area (Å²) in [5, 5.41) is 13.9. The van der Waals surface area contributed by atoms with Crippen molar-refractivity contribution in [2.45, 2.75) is 44.1 Å². The molecule has 1 aliphatic heterocycles. The molecule has 0 N–H and O–H groups in total. The monoisotopic (exact) mass is 523 g/mol. The summed E-state index contributed by atoms with van der Waals surface area (Å²) in [6.45, 7) is 8.37. The lowest BCUT2D eigenvalue weighted by Gasteiger charge is -2.16. The Balaban J connectivity index is 1.54. The van der Waals surface area contributed by atoms with Crippen molar-refractivity contribution < 1.29 is 4.74 Å². The minimum atomic E-state index is -1.12. The van der Waals surface area contributed by atoms with E-state index in [2.05, 4.69) is 66.7 Å². The largest absolute Gasteiger partial charge is 0.381 e. The molecule has 0 aromatic carbocycles. The molecule has 4 rings (SSSR count). The highest BCUT2D eigenvalue weighted by atomic mass is 79.9. The first kappa shape index (κ1) is 23.4. The van der Waals surface area contributed by atoms with Gasteiger partial charge in [0.2, 0.25) is 0 Å². The maximum Gasteiger partial charge on any atom is 0.116 e. The Morgan fingerprint density at radius 2 is 2.09 bits per heavy atom. The van der Waals surface area contributed by atoms with E-state index in [4.69, 9.17) is 4.74 Å². The topological polar surface area (TPSA) is 102 Å². The molecule has 0 saturated heterocycles. The van der Waals surface area contributed by atoms with Crippen molar-refractivity contribution in [2.24, 2.45) is 4.99 Å².